The summed E-state index contributed by atoms with van der Waals surface area (Å²) in [6.45, 7) is 7.64. The van der Waals surface area contributed by atoms with Gasteiger partial charge in [0.05, 0.1) is 6.61 Å². The number of ketones is 1. The second-order valence-corrected chi connectivity index (χ2v) is 5.29. The number of rotatable bonds is 5. The summed E-state index contributed by atoms with van der Waals surface area (Å²) in [5.74, 6) is 0.199. The van der Waals surface area contributed by atoms with Gasteiger partial charge in [-0.1, -0.05) is 36.8 Å². The molecule has 0 spiro atoms. The molecule has 1 atom stereocenters. The van der Waals surface area contributed by atoms with Gasteiger partial charge < -0.3 is 4.74 Å². The van der Waals surface area contributed by atoms with E-state index in [1.54, 1.807) is 0 Å². The summed E-state index contributed by atoms with van der Waals surface area (Å²) in [4.78, 5) is 14.6. The standard InChI is InChI=1S/C16H23NO2/c1-3-8-17-9-10-19-16(12-17)15(18)11-14-6-4-13(2)5-7-14/h4-7,16H,3,8-12H2,1-2H3. The number of nitrogens with zero attached hydrogens (tertiary/aromatic N) is 1. The maximum atomic E-state index is 12.3. The Morgan fingerprint density at radius 2 is 2.11 bits per heavy atom. The third-order valence-electron chi connectivity index (χ3n) is 3.55. The maximum Gasteiger partial charge on any atom is 0.167 e. The third kappa shape index (κ3) is 4.15. The van der Waals surface area contributed by atoms with Crippen molar-refractivity contribution in [2.45, 2.75) is 32.8 Å². The fourth-order valence-corrected chi connectivity index (χ4v) is 2.44. The molecule has 104 valence electrons. The van der Waals surface area contributed by atoms with Gasteiger partial charge in [-0.25, -0.2) is 0 Å². The summed E-state index contributed by atoms with van der Waals surface area (Å²) in [5.41, 5.74) is 2.30. The summed E-state index contributed by atoms with van der Waals surface area (Å²) in [5, 5.41) is 0. The summed E-state index contributed by atoms with van der Waals surface area (Å²) in [6.07, 6.45) is 1.35. The lowest BCUT2D eigenvalue weighted by Crippen LogP contribution is -2.46. The van der Waals surface area contributed by atoms with E-state index in [4.69, 9.17) is 4.74 Å². The van der Waals surface area contributed by atoms with Crippen LogP contribution < -0.4 is 0 Å². The number of hydrogen-bond acceptors (Lipinski definition) is 3. The fourth-order valence-electron chi connectivity index (χ4n) is 2.44. The first kappa shape index (κ1) is 14.2. The Balaban J connectivity index is 1.90. The topological polar surface area (TPSA) is 29.5 Å². The molecule has 1 aliphatic heterocycles. The van der Waals surface area contributed by atoms with Gasteiger partial charge in [0.25, 0.3) is 0 Å². The molecule has 3 nitrogen and oxygen atoms in total. The van der Waals surface area contributed by atoms with Crippen molar-refractivity contribution in [1.29, 1.82) is 0 Å². The average molecular weight is 261 g/mol. The number of benzene rings is 1. The zero-order valence-electron chi connectivity index (χ0n) is 11.9. The van der Waals surface area contributed by atoms with Crippen LogP contribution in [0.25, 0.3) is 0 Å². The highest BCUT2D eigenvalue weighted by Gasteiger charge is 2.25. The van der Waals surface area contributed by atoms with E-state index in [2.05, 4.69) is 18.7 Å². The van der Waals surface area contributed by atoms with E-state index in [-0.39, 0.29) is 11.9 Å². The molecular formula is C16H23NO2. The second-order valence-electron chi connectivity index (χ2n) is 5.29. The third-order valence-corrected chi connectivity index (χ3v) is 3.55. The lowest BCUT2D eigenvalue weighted by molar-refractivity contribution is -0.135. The smallest absolute Gasteiger partial charge is 0.167 e. The predicted molar refractivity (Wildman–Crippen MR) is 76.4 cm³/mol. The van der Waals surface area contributed by atoms with Gasteiger partial charge in [-0.15, -0.1) is 0 Å². The molecule has 19 heavy (non-hydrogen) atoms. The molecule has 1 aromatic carbocycles. The number of hydrogen-bond donors (Lipinski definition) is 0. The van der Waals surface area contributed by atoms with Crippen LogP contribution in [0.3, 0.4) is 0 Å². The van der Waals surface area contributed by atoms with Crippen LogP contribution in [0.15, 0.2) is 24.3 Å². The molecule has 0 saturated carbocycles. The van der Waals surface area contributed by atoms with Gasteiger partial charge in [-0.2, -0.15) is 0 Å². The van der Waals surface area contributed by atoms with Crippen molar-refractivity contribution in [3.05, 3.63) is 35.4 Å². The Morgan fingerprint density at radius 3 is 2.79 bits per heavy atom. The lowest BCUT2D eigenvalue weighted by atomic mass is 10.0. The molecule has 3 heteroatoms. The molecule has 0 aliphatic carbocycles. The van der Waals surface area contributed by atoms with Gasteiger partial charge in [-0.05, 0) is 25.5 Å². The molecule has 2 rings (SSSR count). The first-order valence-corrected chi connectivity index (χ1v) is 7.11. The number of ether oxygens (including phenoxy) is 1. The second kappa shape index (κ2) is 6.83. The number of morpholine rings is 1. The van der Waals surface area contributed by atoms with Crippen molar-refractivity contribution in [2.75, 3.05) is 26.2 Å². The summed E-state index contributed by atoms with van der Waals surface area (Å²) in [7, 11) is 0. The SMILES string of the molecule is CCCN1CCOC(C(=O)Cc2ccc(C)cc2)C1. The molecular weight excluding hydrogens is 238 g/mol. The zero-order chi connectivity index (χ0) is 13.7. The van der Waals surface area contributed by atoms with Crippen LogP contribution in [0.4, 0.5) is 0 Å². The number of Topliss-reactive ketones (excluding diaryl/α,β-unsaturated/α-hetero) is 1. The minimum atomic E-state index is -0.249. The Labute approximate surface area is 115 Å². The Morgan fingerprint density at radius 1 is 1.37 bits per heavy atom. The van der Waals surface area contributed by atoms with Crippen molar-refractivity contribution in [1.82, 2.24) is 4.90 Å². The molecule has 0 aromatic heterocycles. The Kier molecular flexibility index (Phi) is 5.11. The molecule has 0 amide bonds. The molecule has 0 N–H and O–H groups in total. The highest BCUT2D eigenvalue weighted by atomic mass is 16.5. The average Bonchev–Trinajstić information content (AvgIpc) is 2.42. The number of carbonyl (C=O) groups excluding carboxylic acids is 1. The first-order valence-electron chi connectivity index (χ1n) is 7.11. The van der Waals surface area contributed by atoms with Gasteiger partial charge in [0.15, 0.2) is 5.78 Å². The van der Waals surface area contributed by atoms with Crippen LogP contribution in [0.2, 0.25) is 0 Å². The summed E-state index contributed by atoms with van der Waals surface area (Å²) < 4.78 is 5.62. The molecule has 1 aromatic rings. The van der Waals surface area contributed by atoms with E-state index in [1.807, 2.05) is 24.3 Å². The van der Waals surface area contributed by atoms with E-state index in [0.717, 1.165) is 31.6 Å². The van der Waals surface area contributed by atoms with Crippen molar-refractivity contribution in [3.63, 3.8) is 0 Å². The first-order chi connectivity index (χ1) is 9.19. The number of carbonyl (C=O) groups is 1. The van der Waals surface area contributed by atoms with Crippen molar-refractivity contribution >= 4 is 5.78 Å². The lowest BCUT2D eigenvalue weighted by Gasteiger charge is -2.31. The van der Waals surface area contributed by atoms with Crippen molar-refractivity contribution < 1.29 is 9.53 Å². The number of aryl methyl sites for hydroxylation is 1. The minimum absolute atomic E-state index is 0.199. The highest BCUT2D eigenvalue weighted by molar-refractivity contribution is 5.85. The van der Waals surface area contributed by atoms with Crippen LogP contribution in [-0.2, 0) is 16.0 Å². The summed E-state index contributed by atoms with van der Waals surface area (Å²) in [6, 6.07) is 8.15. The molecule has 1 fully saturated rings. The van der Waals surface area contributed by atoms with Crippen LogP contribution in [0.1, 0.15) is 24.5 Å². The molecule has 1 saturated heterocycles. The van der Waals surface area contributed by atoms with Gasteiger partial charge >= 0.3 is 0 Å². The van der Waals surface area contributed by atoms with Crippen molar-refractivity contribution in [2.24, 2.45) is 0 Å². The molecule has 1 aliphatic rings. The Hall–Kier alpha value is -1.19. The van der Waals surface area contributed by atoms with Crippen LogP contribution in [0.5, 0.6) is 0 Å². The largest absolute Gasteiger partial charge is 0.368 e. The fraction of sp³-hybridized carbons (Fsp3) is 0.562. The van der Waals surface area contributed by atoms with E-state index in [1.165, 1.54) is 5.56 Å². The highest BCUT2D eigenvalue weighted by Crippen LogP contribution is 2.11. The van der Waals surface area contributed by atoms with E-state index < -0.39 is 0 Å². The molecule has 1 unspecified atom stereocenters. The molecule has 0 bridgehead atoms. The van der Waals surface area contributed by atoms with Crippen LogP contribution in [0, 0.1) is 6.92 Å². The molecule has 0 radical (unpaired) electrons. The summed E-state index contributed by atoms with van der Waals surface area (Å²) >= 11 is 0. The van der Waals surface area contributed by atoms with Gasteiger partial charge in [-0.3, -0.25) is 9.69 Å². The normalized spacial score (nSPS) is 20.4. The monoisotopic (exact) mass is 261 g/mol. The molecule has 1 heterocycles. The van der Waals surface area contributed by atoms with Gasteiger partial charge in [0.2, 0.25) is 0 Å². The van der Waals surface area contributed by atoms with Crippen LogP contribution >= 0.6 is 0 Å². The van der Waals surface area contributed by atoms with E-state index >= 15 is 0 Å². The van der Waals surface area contributed by atoms with Crippen molar-refractivity contribution in [3.8, 4) is 0 Å². The van der Waals surface area contributed by atoms with Crippen LogP contribution in [-0.4, -0.2) is 43.0 Å². The van der Waals surface area contributed by atoms with E-state index in [9.17, 15) is 4.79 Å². The minimum Gasteiger partial charge on any atom is -0.368 e. The zero-order valence-corrected chi connectivity index (χ0v) is 11.9. The van der Waals surface area contributed by atoms with E-state index in [0.29, 0.717) is 13.0 Å². The quantitative estimate of drug-likeness (QED) is 0.814. The predicted octanol–water partition coefficient (Wildman–Crippen LogP) is 2.22. The maximum absolute atomic E-state index is 12.3. The van der Waals surface area contributed by atoms with Gasteiger partial charge in [0.1, 0.15) is 6.10 Å². The Bertz CT molecular complexity index is 411. The van der Waals surface area contributed by atoms with Gasteiger partial charge in [0, 0.05) is 19.5 Å².